The van der Waals surface area contributed by atoms with Gasteiger partial charge in [-0.2, -0.15) is 0 Å². The first-order valence-corrected chi connectivity index (χ1v) is 5.82. The predicted octanol–water partition coefficient (Wildman–Crippen LogP) is 3.84. The van der Waals surface area contributed by atoms with E-state index >= 15 is 0 Å². The Kier molecular flexibility index (Phi) is 3.91. The number of fused-ring (bicyclic) bond motifs is 1. The molecule has 0 aliphatic carbocycles. The monoisotopic (exact) mass is 293 g/mol. The predicted molar refractivity (Wildman–Crippen MR) is 65.5 cm³/mol. The molecule has 1 heterocycles. The van der Waals surface area contributed by atoms with Gasteiger partial charge in [0.05, 0.1) is 17.1 Å². The fourth-order valence-corrected chi connectivity index (χ4v) is 2.06. The standard InChI is InChI=1S/C12H11ClF3NO2/c1-18-7-6-17-5-4-8-9(13)2-3-10(11(8)17)19-12(14,15)16/h2-5H,6-7H2,1H3. The zero-order valence-electron chi connectivity index (χ0n) is 10.00. The number of hydrogen-bond acceptors (Lipinski definition) is 2. The van der Waals surface area contributed by atoms with Gasteiger partial charge in [-0.15, -0.1) is 13.2 Å². The van der Waals surface area contributed by atoms with Crippen LogP contribution in [0.15, 0.2) is 24.4 Å². The van der Waals surface area contributed by atoms with Gasteiger partial charge in [0.25, 0.3) is 0 Å². The number of hydrogen-bond donors (Lipinski definition) is 0. The van der Waals surface area contributed by atoms with Crippen LogP contribution in [0, 0.1) is 0 Å². The maximum atomic E-state index is 12.4. The van der Waals surface area contributed by atoms with Crippen LogP contribution in [0.1, 0.15) is 0 Å². The molecule has 3 nitrogen and oxygen atoms in total. The minimum Gasteiger partial charge on any atom is -0.404 e. The van der Waals surface area contributed by atoms with Crippen molar-refractivity contribution >= 4 is 22.5 Å². The molecule has 104 valence electrons. The zero-order chi connectivity index (χ0) is 14.0. The van der Waals surface area contributed by atoms with Crippen LogP contribution in [0.25, 0.3) is 10.9 Å². The second kappa shape index (κ2) is 5.30. The van der Waals surface area contributed by atoms with E-state index in [4.69, 9.17) is 16.3 Å². The number of alkyl halides is 3. The third-order valence-corrected chi connectivity index (χ3v) is 2.93. The average molecular weight is 294 g/mol. The molecule has 0 aliphatic rings. The van der Waals surface area contributed by atoms with Crippen molar-refractivity contribution in [1.82, 2.24) is 4.57 Å². The maximum absolute atomic E-state index is 12.4. The van der Waals surface area contributed by atoms with E-state index in [1.54, 1.807) is 16.8 Å². The van der Waals surface area contributed by atoms with Gasteiger partial charge in [-0.3, -0.25) is 0 Å². The SMILES string of the molecule is COCCn1ccc2c(Cl)ccc(OC(F)(F)F)c21. The first-order chi connectivity index (χ1) is 8.92. The first kappa shape index (κ1) is 14.0. The van der Waals surface area contributed by atoms with Gasteiger partial charge < -0.3 is 14.0 Å². The summed E-state index contributed by atoms with van der Waals surface area (Å²) in [6, 6.07) is 4.24. The highest BCUT2D eigenvalue weighted by molar-refractivity contribution is 6.35. The van der Waals surface area contributed by atoms with E-state index < -0.39 is 6.36 Å². The number of nitrogens with zero attached hydrogens (tertiary/aromatic N) is 1. The van der Waals surface area contributed by atoms with E-state index in [1.165, 1.54) is 19.2 Å². The van der Waals surface area contributed by atoms with Crippen molar-refractivity contribution in [2.45, 2.75) is 12.9 Å². The Bertz CT molecular complexity index is 580. The van der Waals surface area contributed by atoms with E-state index in [1.807, 2.05) is 0 Å². The van der Waals surface area contributed by atoms with Gasteiger partial charge in [0.1, 0.15) is 0 Å². The summed E-state index contributed by atoms with van der Waals surface area (Å²) < 4.78 is 47.7. The third kappa shape index (κ3) is 3.13. The van der Waals surface area contributed by atoms with Crippen LogP contribution < -0.4 is 4.74 Å². The molecule has 0 atom stereocenters. The molecule has 0 amide bonds. The number of halogens is 4. The molecular weight excluding hydrogens is 283 g/mol. The number of aromatic nitrogens is 1. The molecule has 0 bridgehead atoms. The van der Waals surface area contributed by atoms with Crippen molar-refractivity contribution in [3.8, 4) is 5.75 Å². The van der Waals surface area contributed by atoms with Gasteiger partial charge in [-0.05, 0) is 18.2 Å². The molecule has 1 aromatic carbocycles. The lowest BCUT2D eigenvalue weighted by molar-refractivity contribution is -0.274. The first-order valence-electron chi connectivity index (χ1n) is 5.44. The molecule has 1 aromatic heterocycles. The summed E-state index contributed by atoms with van der Waals surface area (Å²) in [5, 5.41) is 0.889. The second-order valence-corrected chi connectivity index (χ2v) is 4.26. The minimum atomic E-state index is -4.74. The van der Waals surface area contributed by atoms with Gasteiger partial charge in [-0.1, -0.05) is 11.6 Å². The van der Waals surface area contributed by atoms with Gasteiger partial charge in [-0.25, -0.2) is 0 Å². The van der Waals surface area contributed by atoms with E-state index in [0.717, 1.165) is 0 Å². The number of rotatable bonds is 4. The maximum Gasteiger partial charge on any atom is 0.573 e. The number of benzene rings is 1. The lowest BCUT2D eigenvalue weighted by Gasteiger charge is -2.13. The topological polar surface area (TPSA) is 23.4 Å². The summed E-state index contributed by atoms with van der Waals surface area (Å²) in [4.78, 5) is 0. The van der Waals surface area contributed by atoms with Crippen LogP contribution in [0.3, 0.4) is 0 Å². The van der Waals surface area contributed by atoms with Crippen molar-refractivity contribution in [3.63, 3.8) is 0 Å². The Balaban J connectivity index is 2.50. The summed E-state index contributed by atoms with van der Waals surface area (Å²) in [5.41, 5.74) is 0.307. The van der Waals surface area contributed by atoms with Gasteiger partial charge in [0, 0.05) is 25.2 Å². The molecule has 0 spiro atoms. The van der Waals surface area contributed by atoms with E-state index in [-0.39, 0.29) is 5.75 Å². The fraction of sp³-hybridized carbons (Fsp3) is 0.333. The molecule has 0 saturated carbocycles. The Morgan fingerprint density at radius 2 is 2.00 bits per heavy atom. The molecule has 2 rings (SSSR count). The van der Waals surface area contributed by atoms with Crippen molar-refractivity contribution in [2.24, 2.45) is 0 Å². The smallest absolute Gasteiger partial charge is 0.404 e. The quantitative estimate of drug-likeness (QED) is 0.855. The van der Waals surface area contributed by atoms with E-state index in [2.05, 4.69) is 4.74 Å². The normalized spacial score (nSPS) is 12.1. The molecule has 0 aliphatic heterocycles. The summed E-state index contributed by atoms with van der Waals surface area (Å²) in [6.07, 6.45) is -3.09. The minimum absolute atomic E-state index is 0.270. The van der Waals surface area contributed by atoms with Gasteiger partial charge in [0.2, 0.25) is 0 Å². The number of ether oxygens (including phenoxy) is 2. The summed E-state index contributed by atoms with van der Waals surface area (Å²) >= 11 is 5.97. The lowest BCUT2D eigenvalue weighted by atomic mass is 10.2. The molecule has 0 unspecified atom stereocenters. The molecule has 0 saturated heterocycles. The molecule has 0 radical (unpaired) electrons. The van der Waals surface area contributed by atoms with E-state index in [9.17, 15) is 13.2 Å². The van der Waals surface area contributed by atoms with Crippen molar-refractivity contribution < 1.29 is 22.6 Å². The van der Waals surface area contributed by atoms with Crippen molar-refractivity contribution in [2.75, 3.05) is 13.7 Å². The highest BCUT2D eigenvalue weighted by Crippen LogP contribution is 2.35. The van der Waals surface area contributed by atoms with Crippen LogP contribution in [0.4, 0.5) is 13.2 Å². The van der Waals surface area contributed by atoms with Crippen LogP contribution in [-0.2, 0) is 11.3 Å². The summed E-state index contributed by atoms with van der Waals surface area (Å²) in [7, 11) is 1.52. The molecule has 19 heavy (non-hydrogen) atoms. The largest absolute Gasteiger partial charge is 0.573 e. The summed E-state index contributed by atoms with van der Waals surface area (Å²) in [6.45, 7) is 0.788. The summed E-state index contributed by atoms with van der Waals surface area (Å²) in [5.74, 6) is -0.270. The Hall–Kier alpha value is -1.40. The highest BCUT2D eigenvalue weighted by atomic mass is 35.5. The van der Waals surface area contributed by atoms with Crippen LogP contribution >= 0.6 is 11.6 Å². The van der Waals surface area contributed by atoms with Crippen LogP contribution in [0.5, 0.6) is 5.75 Å². The van der Waals surface area contributed by atoms with Gasteiger partial charge >= 0.3 is 6.36 Å². The second-order valence-electron chi connectivity index (χ2n) is 3.86. The van der Waals surface area contributed by atoms with Crippen molar-refractivity contribution in [1.29, 1.82) is 0 Å². The zero-order valence-corrected chi connectivity index (χ0v) is 10.8. The molecule has 2 aromatic rings. The Morgan fingerprint density at radius 3 is 2.63 bits per heavy atom. The Labute approximate surface area is 112 Å². The fourth-order valence-electron chi connectivity index (χ4n) is 1.84. The van der Waals surface area contributed by atoms with E-state index in [0.29, 0.717) is 29.1 Å². The number of methoxy groups -OCH3 is 1. The molecule has 0 N–H and O–H groups in total. The van der Waals surface area contributed by atoms with Gasteiger partial charge in [0.15, 0.2) is 5.75 Å². The highest BCUT2D eigenvalue weighted by Gasteiger charge is 2.32. The molecule has 7 heteroatoms. The lowest BCUT2D eigenvalue weighted by Crippen LogP contribution is -2.18. The van der Waals surface area contributed by atoms with Crippen molar-refractivity contribution in [3.05, 3.63) is 29.4 Å². The Morgan fingerprint density at radius 1 is 1.26 bits per heavy atom. The van der Waals surface area contributed by atoms with Crippen LogP contribution in [0.2, 0.25) is 5.02 Å². The third-order valence-electron chi connectivity index (χ3n) is 2.60. The van der Waals surface area contributed by atoms with Crippen LogP contribution in [-0.4, -0.2) is 24.6 Å². The average Bonchev–Trinajstić information content (AvgIpc) is 2.73. The molecule has 0 fully saturated rings. The molecular formula is C12H11ClF3NO2.